The first kappa shape index (κ1) is 19.2. The summed E-state index contributed by atoms with van der Waals surface area (Å²) in [4.78, 5) is 23.3. The van der Waals surface area contributed by atoms with E-state index in [2.05, 4.69) is 14.8 Å². The van der Waals surface area contributed by atoms with Gasteiger partial charge in [-0.3, -0.25) is 4.79 Å². The number of nitrogens with one attached hydrogen (secondary N) is 1. The number of carbonyl (C=O) groups excluding carboxylic acids is 2. The lowest BCUT2D eigenvalue weighted by atomic mass is 10.2. The summed E-state index contributed by atoms with van der Waals surface area (Å²) in [6.07, 6.45) is -4.84. The summed E-state index contributed by atoms with van der Waals surface area (Å²) in [5, 5.41) is 2.26. The SMILES string of the molecule is O=C(COC(=O)c1ccc(F)cc1F)Nc1ccc(OC(F)(F)F)cc1. The number of halogens is 5. The number of alkyl halides is 3. The molecule has 138 valence electrons. The third-order valence-electron chi connectivity index (χ3n) is 2.86. The minimum Gasteiger partial charge on any atom is -0.452 e. The van der Waals surface area contributed by atoms with Crippen LogP contribution in [0.2, 0.25) is 0 Å². The lowest BCUT2D eigenvalue weighted by Gasteiger charge is -2.10. The van der Waals surface area contributed by atoms with Gasteiger partial charge in [0.05, 0.1) is 5.56 Å². The van der Waals surface area contributed by atoms with Crippen molar-refractivity contribution in [1.82, 2.24) is 0 Å². The topological polar surface area (TPSA) is 64.6 Å². The molecule has 0 fully saturated rings. The summed E-state index contributed by atoms with van der Waals surface area (Å²) < 4.78 is 70.5. The number of benzene rings is 2. The van der Waals surface area contributed by atoms with Crippen LogP contribution in [0, 0.1) is 11.6 Å². The van der Waals surface area contributed by atoms with Crippen molar-refractivity contribution in [1.29, 1.82) is 0 Å². The lowest BCUT2D eigenvalue weighted by molar-refractivity contribution is -0.274. The van der Waals surface area contributed by atoms with Crippen molar-refractivity contribution < 1.29 is 41.0 Å². The van der Waals surface area contributed by atoms with Crippen molar-refractivity contribution in [2.45, 2.75) is 6.36 Å². The zero-order chi connectivity index (χ0) is 19.3. The van der Waals surface area contributed by atoms with Crippen LogP contribution in [0.4, 0.5) is 27.6 Å². The average Bonchev–Trinajstić information content (AvgIpc) is 2.53. The largest absolute Gasteiger partial charge is 0.573 e. The van der Waals surface area contributed by atoms with E-state index < -0.39 is 47.8 Å². The van der Waals surface area contributed by atoms with Gasteiger partial charge in [-0.25, -0.2) is 13.6 Å². The van der Waals surface area contributed by atoms with E-state index in [1.165, 1.54) is 0 Å². The van der Waals surface area contributed by atoms with Gasteiger partial charge < -0.3 is 14.8 Å². The average molecular weight is 375 g/mol. The molecule has 2 aromatic carbocycles. The highest BCUT2D eigenvalue weighted by Crippen LogP contribution is 2.23. The fourth-order valence-electron chi connectivity index (χ4n) is 1.80. The maximum Gasteiger partial charge on any atom is 0.573 e. The third-order valence-corrected chi connectivity index (χ3v) is 2.86. The highest BCUT2D eigenvalue weighted by molar-refractivity contribution is 5.95. The van der Waals surface area contributed by atoms with Crippen LogP contribution < -0.4 is 10.1 Å². The van der Waals surface area contributed by atoms with Gasteiger partial charge in [-0.2, -0.15) is 0 Å². The Balaban J connectivity index is 1.87. The van der Waals surface area contributed by atoms with Crippen LogP contribution in [-0.2, 0) is 9.53 Å². The van der Waals surface area contributed by atoms with Gasteiger partial charge in [0.2, 0.25) is 0 Å². The van der Waals surface area contributed by atoms with E-state index in [0.717, 1.165) is 36.4 Å². The molecule has 0 saturated heterocycles. The molecule has 0 aliphatic carbocycles. The van der Waals surface area contributed by atoms with Gasteiger partial charge in [-0.15, -0.1) is 13.2 Å². The fraction of sp³-hybridized carbons (Fsp3) is 0.125. The molecule has 0 unspecified atom stereocenters. The molecule has 0 saturated carbocycles. The molecule has 0 aliphatic rings. The number of hydrogen-bond donors (Lipinski definition) is 1. The van der Waals surface area contributed by atoms with Gasteiger partial charge in [-0.05, 0) is 36.4 Å². The van der Waals surface area contributed by atoms with Crippen molar-refractivity contribution in [2.75, 3.05) is 11.9 Å². The number of carbonyl (C=O) groups is 2. The Morgan fingerprint density at radius 3 is 2.23 bits per heavy atom. The number of esters is 1. The quantitative estimate of drug-likeness (QED) is 0.640. The molecular weight excluding hydrogens is 365 g/mol. The van der Waals surface area contributed by atoms with Crippen LogP contribution in [0.15, 0.2) is 42.5 Å². The first-order valence-electron chi connectivity index (χ1n) is 6.92. The Kier molecular flexibility index (Phi) is 5.75. The van der Waals surface area contributed by atoms with E-state index in [1.54, 1.807) is 0 Å². The molecule has 0 heterocycles. The molecule has 0 spiro atoms. The molecule has 10 heteroatoms. The molecule has 1 N–H and O–H groups in total. The molecule has 5 nitrogen and oxygen atoms in total. The number of anilines is 1. The van der Waals surface area contributed by atoms with Gasteiger partial charge in [0.15, 0.2) is 6.61 Å². The number of hydrogen-bond acceptors (Lipinski definition) is 4. The van der Waals surface area contributed by atoms with Crippen molar-refractivity contribution in [3.05, 3.63) is 59.7 Å². The lowest BCUT2D eigenvalue weighted by Crippen LogP contribution is -2.21. The van der Waals surface area contributed by atoms with Gasteiger partial charge in [0.1, 0.15) is 17.4 Å². The van der Waals surface area contributed by atoms with Crippen molar-refractivity contribution in [3.63, 3.8) is 0 Å². The minimum atomic E-state index is -4.84. The minimum absolute atomic E-state index is 0.119. The van der Waals surface area contributed by atoms with Crippen LogP contribution >= 0.6 is 0 Å². The Hall–Kier alpha value is -3.17. The summed E-state index contributed by atoms with van der Waals surface area (Å²) in [6, 6.07) is 6.43. The Bertz CT molecular complexity index is 805. The maximum atomic E-state index is 13.4. The van der Waals surface area contributed by atoms with E-state index in [4.69, 9.17) is 0 Å². The Morgan fingerprint density at radius 2 is 1.65 bits per heavy atom. The van der Waals surface area contributed by atoms with E-state index in [-0.39, 0.29) is 5.69 Å². The normalized spacial score (nSPS) is 11.0. The van der Waals surface area contributed by atoms with Gasteiger partial charge in [0, 0.05) is 11.8 Å². The number of ether oxygens (including phenoxy) is 2. The van der Waals surface area contributed by atoms with Crippen LogP contribution in [-0.4, -0.2) is 24.8 Å². The maximum absolute atomic E-state index is 13.4. The smallest absolute Gasteiger partial charge is 0.452 e. The summed E-state index contributed by atoms with van der Waals surface area (Å²) in [6.45, 7) is -0.781. The predicted molar refractivity (Wildman–Crippen MR) is 78.4 cm³/mol. The first-order valence-corrected chi connectivity index (χ1v) is 6.92. The van der Waals surface area contributed by atoms with Crippen LogP contribution in [0.1, 0.15) is 10.4 Å². The molecule has 0 radical (unpaired) electrons. The second-order valence-electron chi connectivity index (χ2n) is 4.82. The van der Waals surface area contributed by atoms with Crippen molar-refractivity contribution in [2.24, 2.45) is 0 Å². The first-order chi connectivity index (χ1) is 12.1. The molecule has 0 bridgehead atoms. The zero-order valence-electron chi connectivity index (χ0n) is 12.8. The highest BCUT2D eigenvalue weighted by atomic mass is 19.4. The summed E-state index contributed by atoms with van der Waals surface area (Å²) in [7, 11) is 0. The van der Waals surface area contributed by atoms with Crippen LogP contribution in [0.5, 0.6) is 5.75 Å². The second-order valence-corrected chi connectivity index (χ2v) is 4.82. The number of rotatable bonds is 5. The molecule has 2 rings (SSSR count). The predicted octanol–water partition coefficient (Wildman–Crippen LogP) is 3.66. The van der Waals surface area contributed by atoms with Gasteiger partial charge >= 0.3 is 12.3 Å². The molecule has 1 amide bonds. The highest BCUT2D eigenvalue weighted by Gasteiger charge is 2.30. The second kappa shape index (κ2) is 7.81. The molecule has 0 aliphatic heterocycles. The van der Waals surface area contributed by atoms with E-state index in [0.29, 0.717) is 6.07 Å². The molecule has 0 atom stereocenters. The van der Waals surface area contributed by atoms with Gasteiger partial charge in [0.25, 0.3) is 5.91 Å². The van der Waals surface area contributed by atoms with Crippen molar-refractivity contribution in [3.8, 4) is 5.75 Å². The van der Waals surface area contributed by atoms with Crippen LogP contribution in [0.25, 0.3) is 0 Å². The molecule has 26 heavy (non-hydrogen) atoms. The third kappa shape index (κ3) is 5.72. The molecular formula is C16H10F5NO4. The summed E-state index contributed by atoms with van der Waals surface area (Å²) in [5.74, 6) is -4.49. The van der Waals surface area contributed by atoms with E-state index in [9.17, 15) is 31.5 Å². The zero-order valence-corrected chi connectivity index (χ0v) is 12.8. The Labute approximate surface area is 143 Å². The monoisotopic (exact) mass is 375 g/mol. The van der Waals surface area contributed by atoms with Crippen LogP contribution in [0.3, 0.4) is 0 Å². The number of amides is 1. The molecule has 2 aromatic rings. The molecule has 0 aromatic heterocycles. The fourth-order valence-corrected chi connectivity index (χ4v) is 1.80. The van der Waals surface area contributed by atoms with Crippen molar-refractivity contribution >= 4 is 17.6 Å². The van der Waals surface area contributed by atoms with Gasteiger partial charge in [-0.1, -0.05) is 0 Å². The Morgan fingerprint density at radius 1 is 1.00 bits per heavy atom. The van der Waals surface area contributed by atoms with E-state index in [1.807, 2.05) is 0 Å². The summed E-state index contributed by atoms with van der Waals surface area (Å²) >= 11 is 0. The van der Waals surface area contributed by atoms with E-state index >= 15 is 0 Å². The summed E-state index contributed by atoms with van der Waals surface area (Å²) in [5.41, 5.74) is -0.429. The standard InChI is InChI=1S/C16H10F5NO4/c17-9-1-6-12(13(18)7-9)15(24)25-8-14(23)22-10-2-4-11(5-3-10)26-16(19,20)21/h1-7H,8H2,(H,22,23).